The smallest absolute Gasteiger partial charge is 0.283 e. The molecule has 2 heterocycles. The van der Waals surface area contributed by atoms with Gasteiger partial charge in [0.05, 0.1) is 12.4 Å². The van der Waals surface area contributed by atoms with Crippen LogP contribution in [0.1, 0.15) is 22.7 Å². The lowest BCUT2D eigenvalue weighted by Gasteiger charge is -2.07. The first kappa shape index (κ1) is 16.0. The van der Waals surface area contributed by atoms with Gasteiger partial charge in [-0.1, -0.05) is 12.1 Å². The summed E-state index contributed by atoms with van der Waals surface area (Å²) in [5.74, 6) is 1.17. The highest BCUT2D eigenvalue weighted by Gasteiger charge is 2.10. The van der Waals surface area contributed by atoms with Gasteiger partial charge in [0.2, 0.25) is 0 Å². The minimum Gasteiger partial charge on any atom is -0.484 e. The molecule has 0 atom stereocenters. The Kier molecular flexibility index (Phi) is 4.72. The van der Waals surface area contributed by atoms with Crippen molar-refractivity contribution in [1.29, 1.82) is 5.26 Å². The first-order valence-electron chi connectivity index (χ1n) is 7.06. The van der Waals surface area contributed by atoms with Crippen molar-refractivity contribution in [1.82, 2.24) is 20.2 Å². The van der Waals surface area contributed by atoms with E-state index >= 15 is 0 Å². The topological polar surface area (TPSA) is 97.7 Å². The number of hydrogen-bond acceptors (Lipinski definition) is 8. The molecule has 0 radical (unpaired) electrons. The van der Waals surface area contributed by atoms with Crippen molar-refractivity contribution in [2.45, 2.75) is 30.7 Å². The molecule has 0 spiro atoms. The summed E-state index contributed by atoms with van der Waals surface area (Å²) in [6, 6.07) is 7.91. The predicted octanol–water partition coefficient (Wildman–Crippen LogP) is 3.08. The van der Waals surface area contributed by atoms with Crippen molar-refractivity contribution in [3.8, 4) is 11.8 Å². The van der Waals surface area contributed by atoms with Crippen LogP contribution in [-0.4, -0.2) is 20.2 Å². The van der Waals surface area contributed by atoms with Gasteiger partial charge in [0, 0.05) is 0 Å². The summed E-state index contributed by atoms with van der Waals surface area (Å²) in [5, 5.41) is 17.5. The summed E-state index contributed by atoms with van der Waals surface area (Å²) in [4.78, 5) is 8.02. The highest BCUT2D eigenvalue weighted by molar-refractivity contribution is 7.99. The SMILES string of the molecule is Cc1ccc(C)c(OCc2nnc(Sc3cnc(C#N)cn3)o2)c1. The number of aryl methyl sites for hydroxylation is 2. The number of aromatic nitrogens is 4. The van der Waals surface area contributed by atoms with E-state index < -0.39 is 0 Å². The van der Waals surface area contributed by atoms with Gasteiger partial charge < -0.3 is 9.15 Å². The molecule has 7 nitrogen and oxygen atoms in total. The minimum absolute atomic E-state index is 0.191. The molecule has 2 aromatic heterocycles. The maximum absolute atomic E-state index is 8.70. The van der Waals surface area contributed by atoms with Crippen LogP contribution < -0.4 is 4.74 Å². The molecule has 24 heavy (non-hydrogen) atoms. The summed E-state index contributed by atoms with van der Waals surface area (Å²) in [6.07, 6.45) is 2.88. The zero-order valence-electron chi connectivity index (χ0n) is 13.1. The monoisotopic (exact) mass is 339 g/mol. The number of rotatable bonds is 5. The summed E-state index contributed by atoms with van der Waals surface area (Å²) in [7, 11) is 0. The zero-order valence-corrected chi connectivity index (χ0v) is 13.9. The van der Waals surface area contributed by atoms with E-state index in [2.05, 4.69) is 20.2 Å². The van der Waals surface area contributed by atoms with Crippen LogP contribution in [0.2, 0.25) is 0 Å². The second-order valence-corrected chi connectivity index (χ2v) is 5.94. The summed E-state index contributed by atoms with van der Waals surface area (Å²) in [6.45, 7) is 4.18. The quantitative estimate of drug-likeness (QED) is 0.699. The molecule has 120 valence electrons. The molecule has 0 saturated carbocycles. The molecule has 0 amide bonds. The molecule has 0 fully saturated rings. The molecule has 0 aliphatic carbocycles. The van der Waals surface area contributed by atoms with Gasteiger partial charge in [-0.25, -0.2) is 9.97 Å². The third-order valence-corrected chi connectivity index (χ3v) is 3.84. The van der Waals surface area contributed by atoms with Gasteiger partial charge in [0.25, 0.3) is 11.1 Å². The fourth-order valence-electron chi connectivity index (χ4n) is 1.86. The van der Waals surface area contributed by atoms with Crippen LogP contribution in [-0.2, 0) is 6.61 Å². The second kappa shape index (κ2) is 7.10. The van der Waals surface area contributed by atoms with E-state index in [1.54, 1.807) is 0 Å². The fourth-order valence-corrected chi connectivity index (χ4v) is 2.47. The van der Waals surface area contributed by atoms with Crippen LogP contribution in [0.4, 0.5) is 0 Å². The first-order valence-corrected chi connectivity index (χ1v) is 7.88. The van der Waals surface area contributed by atoms with Gasteiger partial charge in [-0.05, 0) is 42.8 Å². The van der Waals surface area contributed by atoms with Crippen molar-refractivity contribution in [3.05, 3.63) is 53.3 Å². The number of nitriles is 1. The van der Waals surface area contributed by atoms with Gasteiger partial charge in [-0.3, -0.25) is 0 Å². The molecule has 0 aliphatic heterocycles. The van der Waals surface area contributed by atoms with Crippen LogP contribution in [0, 0.1) is 25.2 Å². The van der Waals surface area contributed by atoms with Crippen LogP contribution in [0.5, 0.6) is 5.75 Å². The van der Waals surface area contributed by atoms with Crippen LogP contribution in [0.15, 0.2) is 45.3 Å². The van der Waals surface area contributed by atoms with E-state index in [9.17, 15) is 0 Å². The van der Waals surface area contributed by atoms with Crippen molar-refractivity contribution in [2.24, 2.45) is 0 Å². The van der Waals surface area contributed by atoms with Gasteiger partial charge >= 0.3 is 0 Å². The molecule has 0 aliphatic rings. The van der Waals surface area contributed by atoms with Crippen LogP contribution in [0.3, 0.4) is 0 Å². The average Bonchev–Trinajstić information content (AvgIpc) is 3.04. The second-order valence-electron chi connectivity index (χ2n) is 4.97. The Morgan fingerprint density at radius 2 is 2.08 bits per heavy atom. The lowest BCUT2D eigenvalue weighted by Crippen LogP contribution is -1.97. The molecule has 1 aromatic carbocycles. The lowest BCUT2D eigenvalue weighted by molar-refractivity contribution is 0.250. The predicted molar refractivity (Wildman–Crippen MR) is 85.4 cm³/mol. The third kappa shape index (κ3) is 3.88. The Labute approximate surface area is 142 Å². The molecule has 8 heteroatoms. The van der Waals surface area contributed by atoms with Gasteiger partial charge in [-0.15, -0.1) is 10.2 Å². The molecule has 3 rings (SSSR count). The Morgan fingerprint density at radius 3 is 2.83 bits per heavy atom. The zero-order chi connectivity index (χ0) is 16.9. The number of benzene rings is 1. The molecule has 0 N–H and O–H groups in total. The molecule has 0 bridgehead atoms. The fraction of sp³-hybridized carbons (Fsp3) is 0.188. The maximum Gasteiger partial charge on any atom is 0.283 e. The number of ether oxygens (including phenoxy) is 1. The molecule has 0 saturated heterocycles. The Hall–Kier alpha value is -2.92. The van der Waals surface area contributed by atoms with E-state index in [1.165, 1.54) is 24.2 Å². The largest absolute Gasteiger partial charge is 0.484 e. The Morgan fingerprint density at radius 1 is 1.21 bits per heavy atom. The number of nitrogens with zero attached hydrogens (tertiary/aromatic N) is 5. The molecular weight excluding hydrogens is 326 g/mol. The van der Waals surface area contributed by atoms with Crippen molar-refractivity contribution < 1.29 is 9.15 Å². The van der Waals surface area contributed by atoms with E-state index in [4.69, 9.17) is 14.4 Å². The minimum atomic E-state index is 0.191. The lowest BCUT2D eigenvalue weighted by atomic mass is 10.1. The summed E-state index contributed by atoms with van der Waals surface area (Å²) >= 11 is 1.18. The van der Waals surface area contributed by atoms with E-state index in [0.717, 1.165) is 16.9 Å². The third-order valence-electron chi connectivity index (χ3n) is 3.08. The van der Waals surface area contributed by atoms with Crippen molar-refractivity contribution >= 4 is 11.8 Å². The van der Waals surface area contributed by atoms with E-state index in [-0.39, 0.29) is 12.3 Å². The van der Waals surface area contributed by atoms with Gasteiger partial charge in [0.15, 0.2) is 12.3 Å². The number of hydrogen-bond donors (Lipinski definition) is 0. The summed E-state index contributed by atoms with van der Waals surface area (Å²) in [5.41, 5.74) is 2.42. The molecule has 3 aromatic rings. The van der Waals surface area contributed by atoms with E-state index in [0.29, 0.717) is 16.1 Å². The normalized spacial score (nSPS) is 10.4. The highest BCUT2D eigenvalue weighted by Crippen LogP contribution is 2.25. The van der Waals surface area contributed by atoms with Gasteiger partial charge in [0.1, 0.15) is 16.8 Å². The maximum atomic E-state index is 8.70. The molecular formula is C16H13N5O2S. The Bertz CT molecular complexity index is 886. The van der Waals surface area contributed by atoms with Crippen molar-refractivity contribution in [3.63, 3.8) is 0 Å². The standard InChI is InChI=1S/C16H13N5O2S/c1-10-3-4-11(2)13(5-10)22-9-14-20-21-16(23-14)24-15-8-18-12(6-17)7-19-15/h3-5,7-8H,9H2,1-2H3. The first-order chi connectivity index (χ1) is 11.6. The van der Waals surface area contributed by atoms with Crippen LogP contribution in [0.25, 0.3) is 0 Å². The van der Waals surface area contributed by atoms with Gasteiger partial charge in [-0.2, -0.15) is 5.26 Å². The molecule has 0 unspecified atom stereocenters. The van der Waals surface area contributed by atoms with Crippen LogP contribution >= 0.6 is 11.8 Å². The highest BCUT2D eigenvalue weighted by atomic mass is 32.2. The average molecular weight is 339 g/mol. The summed E-state index contributed by atoms with van der Waals surface area (Å²) < 4.78 is 11.2. The van der Waals surface area contributed by atoms with E-state index in [1.807, 2.05) is 38.1 Å². The van der Waals surface area contributed by atoms with Crippen molar-refractivity contribution in [2.75, 3.05) is 0 Å². The Balaban J connectivity index is 1.63.